The van der Waals surface area contributed by atoms with Crippen molar-refractivity contribution in [2.75, 3.05) is 12.8 Å². The lowest BCUT2D eigenvalue weighted by molar-refractivity contribution is -0.140. The van der Waals surface area contributed by atoms with Gasteiger partial charge in [0.2, 0.25) is 11.8 Å². The summed E-state index contributed by atoms with van der Waals surface area (Å²) in [5, 5.41) is 5.73. The molecule has 2 unspecified atom stereocenters. The van der Waals surface area contributed by atoms with Gasteiger partial charge in [-0.05, 0) is 51.7 Å². The largest absolute Gasteiger partial charge is 0.444 e. The molecule has 8 heteroatoms. The predicted octanol–water partition coefficient (Wildman–Crippen LogP) is 3.77. The van der Waals surface area contributed by atoms with Crippen molar-refractivity contribution in [1.29, 1.82) is 0 Å². The summed E-state index contributed by atoms with van der Waals surface area (Å²) in [6.45, 7) is 7.17. The fourth-order valence-corrected chi connectivity index (χ4v) is 4.20. The third kappa shape index (κ3) is 7.43. The molecule has 32 heavy (non-hydrogen) atoms. The number of nitrogens with one attached hydrogen (secondary N) is 2. The Kier molecular flexibility index (Phi) is 9.43. The predicted molar refractivity (Wildman–Crippen MR) is 129 cm³/mol. The molecule has 2 N–H and O–H groups in total. The zero-order chi connectivity index (χ0) is 23.9. The highest BCUT2D eigenvalue weighted by molar-refractivity contribution is 7.80. The second-order valence-electron chi connectivity index (χ2n) is 9.43. The van der Waals surface area contributed by atoms with E-state index in [2.05, 4.69) is 23.3 Å². The number of benzene rings is 1. The highest BCUT2D eigenvalue weighted by atomic mass is 32.1. The fourth-order valence-electron chi connectivity index (χ4n) is 3.95. The molecule has 7 nitrogen and oxygen atoms in total. The van der Waals surface area contributed by atoms with Crippen LogP contribution in [0.5, 0.6) is 0 Å². The number of amides is 3. The molecule has 1 aromatic rings. The average molecular weight is 464 g/mol. The Bertz CT molecular complexity index is 803. The van der Waals surface area contributed by atoms with Crippen molar-refractivity contribution in [3.8, 4) is 0 Å². The Morgan fingerprint density at radius 3 is 2.34 bits per heavy atom. The van der Waals surface area contributed by atoms with Crippen LogP contribution in [0.15, 0.2) is 24.3 Å². The van der Waals surface area contributed by atoms with Crippen LogP contribution in [0, 0.1) is 6.92 Å². The zero-order valence-corrected chi connectivity index (χ0v) is 20.7. The molecule has 0 radical (unpaired) electrons. The number of nitrogens with zero attached hydrogens (tertiary/aromatic N) is 1. The third-order valence-corrected chi connectivity index (χ3v) is 5.95. The number of hydrogen-bond acceptors (Lipinski definition) is 5. The summed E-state index contributed by atoms with van der Waals surface area (Å²) in [7, 11) is 1.59. The van der Waals surface area contributed by atoms with Crippen LogP contribution in [0.2, 0.25) is 0 Å². The fraction of sp³-hybridized carbons (Fsp3) is 0.625. The molecule has 0 aliphatic heterocycles. The molecule has 2 atom stereocenters. The number of rotatable bonds is 7. The monoisotopic (exact) mass is 463 g/mol. The molecule has 0 bridgehead atoms. The highest BCUT2D eigenvalue weighted by Gasteiger charge is 2.35. The normalized spacial score (nSPS) is 16.6. The first-order valence-electron chi connectivity index (χ1n) is 11.3. The molecule has 178 valence electrons. The minimum absolute atomic E-state index is 0.0765. The molecule has 1 fully saturated rings. The molecule has 2 rings (SSSR count). The topological polar surface area (TPSA) is 87.7 Å². The van der Waals surface area contributed by atoms with E-state index in [0.29, 0.717) is 0 Å². The number of hydrogen-bond donors (Lipinski definition) is 3. The SMILES string of the molecule is Cc1ccccc1C(C(=O)NC1CCCCC1)N(C)C(=O)C(CS)NC(=O)OC(C)(C)C. The van der Waals surface area contributed by atoms with Crippen molar-refractivity contribution in [1.82, 2.24) is 15.5 Å². The number of thiol groups is 1. The van der Waals surface area contributed by atoms with Crippen molar-refractivity contribution in [2.24, 2.45) is 0 Å². The number of alkyl carbamates (subject to hydrolysis) is 1. The Hall–Kier alpha value is -2.22. The van der Waals surface area contributed by atoms with Crippen molar-refractivity contribution in [3.63, 3.8) is 0 Å². The standard InChI is InChI=1S/C24H37N3O4S/c1-16-11-9-10-14-18(16)20(21(28)25-17-12-7-6-8-13-17)27(5)22(29)19(15-32)26-23(30)31-24(2,3)4/h9-11,14,17,19-20,32H,6-8,12-13,15H2,1-5H3,(H,25,28)(H,26,30). The highest BCUT2D eigenvalue weighted by Crippen LogP contribution is 2.26. The molecule has 0 saturated heterocycles. The third-order valence-electron chi connectivity index (χ3n) is 5.59. The minimum Gasteiger partial charge on any atom is -0.444 e. The maximum Gasteiger partial charge on any atom is 0.408 e. The van der Waals surface area contributed by atoms with E-state index in [1.807, 2.05) is 31.2 Å². The minimum atomic E-state index is -0.924. The van der Waals surface area contributed by atoms with Gasteiger partial charge < -0.3 is 20.3 Å². The summed E-state index contributed by atoms with van der Waals surface area (Å²) in [5.41, 5.74) is 0.981. The summed E-state index contributed by atoms with van der Waals surface area (Å²) in [5.74, 6) is -0.539. The van der Waals surface area contributed by atoms with Gasteiger partial charge in [0.1, 0.15) is 17.7 Å². The zero-order valence-electron chi connectivity index (χ0n) is 19.8. The van der Waals surface area contributed by atoms with Crippen molar-refractivity contribution >= 4 is 30.5 Å². The van der Waals surface area contributed by atoms with Crippen LogP contribution in [0.25, 0.3) is 0 Å². The lowest BCUT2D eigenvalue weighted by Gasteiger charge is -2.33. The Morgan fingerprint density at radius 2 is 1.78 bits per heavy atom. The van der Waals surface area contributed by atoms with Gasteiger partial charge >= 0.3 is 6.09 Å². The molecule has 1 aliphatic carbocycles. The molecular formula is C24H37N3O4S. The van der Waals surface area contributed by atoms with Gasteiger partial charge in [-0.25, -0.2) is 4.79 Å². The number of ether oxygens (including phenoxy) is 1. The first kappa shape index (κ1) is 26.0. The summed E-state index contributed by atoms with van der Waals surface area (Å²) in [6.07, 6.45) is 4.57. The van der Waals surface area contributed by atoms with Crippen LogP contribution in [0.4, 0.5) is 4.79 Å². The number of likely N-dealkylation sites (N-methyl/N-ethyl adjacent to an activating group) is 1. The Morgan fingerprint density at radius 1 is 1.16 bits per heavy atom. The first-order valence-corrected chi connectivity index (χ1v) is 11.9. The van der Waals surface area contributed by atoms with Crippen LogP contribution >= 0.6 is 12.6 Å². The quantitative estimate of drug-likeness (QED) is 0.537. The lowest BCUT2D eigenvalue weighted by atomic mass is 9.94. The molecule has 3 amide bonds. The van der Waals surface area contributed by atoms with Gasteiger partial charge in [-0.1, -0.05) is 43.5 Å². The number of carbonyl (C=O) groups is 3. The molecule has 0 spiro atoms. The van der Waals surface area contributed by atoms with Crippen LogP contribution in [0.1, 0.15) is 70.0 Å². The first-order chi connectivity index (χ1) is 15.0. The van der Waals surface area contributed by atoms with Gasteiger partial charge in [0.05, 0.1) is 0 Å². The average Bonchev–Trinajstić information content (AvgIpc) is 2.72. The van der Waals surface area contributed by atoms with Gasteiger partial charge in [0.25, 0.3) is 0 Å². The van der Waals surface area contributed by atoms with Crippen LogP contribution in [-0.2, 0) is 14.3 Å². The van der Waals surface area contributed by atoms with E-state index >= 15 is 0 Å². The van der Waals surface area contributed by atoms with Crippen molar-refractivity contribution in [3.05, 3.63) is 35.4 Å². The molecule has 0 aromatic heterocycles. The van der Waals surface area contributed by atoms with E-state index in [0.717, 1.165) is 36.8 Å². The van der Waals surface area contributed by atoms with Crippen LogP contribution < -0.4 is 10.6 Å². The maximum atomic E-state index is 13.4. The van der Waals surface area contributed by atoms with E-state index in [1.54, 1.807) is 27.8 Å². The summed E-state index contributed by atoms with van der Waals surface area (Å²) >= 11 is 4.25. The molecular weight excluding hydrogens is 426 g/mol. The van der Waals surface area contributed by atoms with Gasteiger partial charge in [-0.3, -0.25) is 9.59 Å². The van der Waals surface area contributed by atoms with Gasteiger partial charge in [0, 0.05) is 18.8 Å². The van der Waals surface area contributed by atoms with E-state index < -0.39 is 29.7 Å². The Balaban J connectivity index is 2.24. The van der Waals surface area contributed by atoms with Gasteiger partial charge in [-0.2, -0.15) is 12.6 Å². The number of aryl methyl sites for hydroxylation is 1. The summed E-state index contributed by atoms with van der Waals surface area (Å²) < 4.78 is 5.28. The smallest absolute Gasteiger partial charge is 0.408 e. The molecule has 1 saturated carbocycles. The van der Waals surface area contributed by atoms with E-state index in [1.165, 1.54) is 11.3 Å². The van der Waals surface area contributed by atoms with Crippen LogP contribution in [0.3, 0.4) is 0 Å². The summed E-state index contributed by atoms with van der Waals surface area (Å²) in [6, 6.07) is 5.92. The van der Waals surface area contributed by atoms with E-state index in [9.17, 15) is 14.4 Å². The summed E-state index contributed by atoms with van der Waals surface area (Å²) in [4.78, 5) is 40.3. The van der Waals surface area contributed by atoms with Gasteiger partial charge in [-0.15, -0.1) is 0 Å². The van der Waals surface area contributed by atoms with Crippen LogP contribution in [-0.4, -0.2) is 53.3 Å². The second kappa shape index (κ2) is 11.6. The Labute approximate surface area is 197 Å². The molecule has 1 aliphatic rings. The molecule has 0 heterocycles. The lowest BCUT2D eigenvalue weighted by Crippen LogP contribution is -2.53. The van der Waals surface area contributed by atoms with E-state index in [4.69, 9.17) is 4.74 Å². The van der Waals surface area contributed by atoms with Gasteiger partial charge in [0.15, 0.2) is 0 Å². The maximum absolute atomic E-state index is 13.4. The molecule has 1 aromatic carbocycles. The van der Waals surface area contributed by atoms with Crippen molar-refractivity contribution < 1.29 is 19.1 Å². The van der Waals surface area contributed by atoms with Crippen molar-refractivity contribution in [2.45, 2.75) is 83.5 Å². The second-order valence-corrected chi connectivity index (χ2v) is 9.80. The van der Waals surface area contributed by atoms with E-state index in [-0.39, 0.29) is 17.7 Å². The number of carbonyl (C=O) groups excluding carboxylic acids is 3.